The average molecular weight is 301 g/mol. The first-order chi connectivity index (χ1) is 9.31. The highest BCUT2D eigenvalue weighted by atomic mass is 35.5. The highest BCUT2D eigenvalue weighted by molar-refractivity contribution is 5.85. The summed E-state index contributed by atoms with van der Waals surface area (Å²) in [6.07, 6.45) is 0.260. The third-order valence-electron chi connectivity index (χ3n) is 3.02. The Morgan fingerprint density at radius 1 is 1.35 bits per heavy atom. The summed E-state index contributed by atoms with van der Waals surface area (Å²) in [7, 11) is 1.67. The minimum absolute atomic E-state index is 0. The summed E-state index contributed by atoms with van der Waals surface area (Å²) < 4.78 is 10.5. The van der Waals surface area contributed by atoms with E-state index in [0.29, 0.717) is 19.6 Å². The van der Waals surface area contributed by atoms with Gasteiger partial charge in [-0.25, -0.2) is 0 Å². The third kappa shape index (κ3) is 4.67. The van der Waals surface area contributed by atoms with Crippen molar-refractivity contribution in [2.75, 3.05) is 33.4 Å². The number of fused-ring (bicyclic) bond motifs is 1. The van der Waals surface area contributed by atoms with Gasteiger partial charge in [0.25, 0.3) is 5.91 Å². The molecule has 0 aromatic heterocycles. The number of halogens is 1. The molecule has 5 nitrogen and oxygen atoms in total. The molecule has 1 unspecified atom stereocenters. The predicted molar refractivity (Wildman–Crippen MR) is 79.6 cm³/mol. The zero-order valence-corrected chi connectivity index (χ0v) is 12.4. The average Bonchev–Trinajstić information content (AvgIpc) is 2.86. The molecule has 1 atom stereocenters. The molecule has 0 bridgehead atoms. The van der Waals surface area contributed by atoms with Crippen LogP contribution in [0.5, 0.6) is 5.75 Å². The summed E-state index contributed by atoms with van der Waals surface area (Å²) in [5.74, 6) is 0.769. The lowest BCUT2D eigenvalue weighted by atomic mass is 10.1. The number of methoxy groups -OCH3 is 1. The molecule has 0 saturated heterocycles. The van der Waals surface area contributed by atoms with Crippen molar-refractivity contribution >= 4 is 18.3 Å². The minimum atomic E-state index is -0.392. The number of benzene rings is 1. The van der Waals surface area contributed by atoms with E-state index in [1.54, 1.807) is 7.11 Å². The van der Waals surface area contributed by atoms with Crippen molar-refractivity contribution in [1.82, 2.24) is 10.6 Å². The standard InChI is InChI=1S/C14H20N2O3.ClH/c1-18-9-8-15-6-7-16-14(17)13-10-11-4-2-3-5-12(11)19-13;/h2-5,13,15H,6-10H2,1H3,(H,16,17);1H. The van der Waals surface area contributed by atoms with Crippen LogP contribution in [-0.2, 0) is 16.0 Å². The van der Waals surface area contributed by atoms with E-state index in [9.17, 15) is 4.79 Å². The Morgan fingerprint density at radius 2 is 2.15 bits per heavy atom. The second kappa shape index (κ2) is 8.79. The maximum Gasteiger partial charge on any atom is 0.261 e. The van der Waals surface area contributed by atoms with Crippen molar-refractivity contribution in [1.29, 1.82) is 0 Å². The van der Waals surface area contributed by atoms with Crippen LogP contribution >= 0.6 is 12.4 Å². The van der Waals surface area contributed by atoms with Gasteiger partial charge in [-0.05, 0) is 11.6 Å². The fraction of sp³-hybridized carbons (Fsp3) is 0.500. The molecule has 0 fully saturated rings. The van der Waals surface area contributed by atoms with Gasteiger partial charge in [0, 0.05) is 33.2 Å². The van der Waals surface area contributed by atoms with Crippen LogP contribution in [-0.4, -0.2) is 45.4 Å². The van der Waals surface area contributed by atoms with Crippen LogP contribution in [0.25, 0.3) is 0 Å². The van der Waals surface area contributed by atoms with Gasteiger partial charge in [-0.2, -0.15) is 0 Å². The molecule has 1 amide bonds. The Morgan fingerprint density at radius 3 is 2.90 bits per heavy atom. The summed E-state index contributed by atoms with van der Waals surface area (Å²) in [5.41, 5.74) is 1.10. The molecule has 1 aliphatic heterocycles. The number of hydrogen-bond acceptors (Lipinski definition) is 4. The fourth-order valence-corrected chi connectivity index (χ4v) is 2.02. The van der Waals surface area contributed by atoms with E-state index in [4.69, 9.17) is 9.47 Å². The van der Waals surface area contributed by atoms with E-state index < -0.39 is 6.10 Å². The number of carbonyl (C=O) groups excluding carboxylic acids is 1. The topological polar surface area (TPSA) is 59.6 Å². The maximum atomic E-state index is 11.9. The summed E-state index contributed by atoms with van der Waals surface area (Å²) >= 11 is 0. The van der Waals surface area contributed by atoms with Crippen molar-refractivity contribution in [3.63, 3.8) is 0 Å². The second-order valence-electron chi connectivity index (χ2n) is 4.45. The molecule has 2 rings (SSSR count). The van der Waals surface area contributed by atoms with Crippen molar-refractivity contribution in [3.05, 3.63) is 29.8 Å². The van der Waals surface area contributed by atoms with Crippen LogP contribution in [0.4, 0.5) is 0 Å². The predicted octanol–water partition coefficient (Wildman–Crippen LogP) is 0.764. The number of para-hydroxylation sites is 1. The van der Waals surface area contributed by atoms with Gasteiger partial charge in [-0.15, -0.1) is 12.4 Å². The Hall–Kier alpha value is -1.30. The number of rotatable bonds is 7. The van der Waals surface area contributed by atoms with Crippen molar-refractivity contribution in [2.24, 2.45) is 0 Å². The number of ether oxygens (including phenoxy) is 2. The highest BCUT2D eigenvalue weighted by Gasteiger charge is 2.28. The molecule has 0 saturated carbocycles. The molecule has 20 heavy (non-hydrogen) atoms. The molecular formula is C14H21ClN2O3. The summed E-state index contributed by atoms with van der Waals surface area (Å²) in [6.45, 7) is 2.79. The van der Waals surface area contributed by atoms with Crippen LogP contribution in [0.1, 0.15) is 5.56 Å². The number of amides is 1. The van der Waals surface area contributed by atoms with Gasteiger partial charge in [0.2, 0.25) is 0 Å². The molecule has 1 heterocycles. The third-order valence-corrected chi connectivity index (χ3v) is 3.02. The van der Waals surface area contributed by atoms with Crippen molar-refractivity contribution < 1.29 is 14.3 Å². The smallest absolute Gasteiger partial charge is 0.261 e. The number of nitrogens with one attached hydrogen (secondary N) is 2. The molecule has 1 aliphatic rings. The molecule has 6 heteroatoms. The molecule has 0 aliphatic carbocycles. The van der Waals surface area contributed by atoms with Gasteiger partial charge < -0.3 is 20.1 Å². The van der Waals surface area contributed by atoms with Gasteiger partial charge in [0.1, 0.15) is 5.75 Å². The molecule has 112 valence electrons. The zero-order chi connectivity index (χ0) is 13.5. The van der Waals surface area contributed by atoms with Crippen LogP contribution in [0.15, 0.2) is 24.3 Å². The van der Waals surface area contributed by atoms with E-state index in [1.165, 1.54) is 0 Å². The SMILES string of the molecule is COCCNCCNC(=O)C1Cc2ccccc2O1.Cl. The largest absolute Gasteiger partial charge is 0.480 e. The summed E-state index contributed by atoms with van der Waals surface area (Å²) in [6, 6.07) is 7.77. The Bertz CT molecular complexity index is 404. The van der Waals surface area contributed by atoms with Crippen LogP contribution in [0.2, 0.25) is 0 Å². The van der Waals surface area contributed by atoms with Gasteiger partial charge >= 0.3 is 0 Å². The lowest BCUT2D eigenvalue weighted by molar-refractivity contribution is -0.127. The van der Waals surface area contributed by atoms with Crippen molar-refractivity contribution in [3.8, 4) is 5.75 Å². The first kappa shape index (κ1) is 16.8. The van der Waals surface area contributed by atoms with E-state index in [-0.39, 0.29) is 18.3 Å². The second-order valence-corrected chi connectivity index (χ2v) is 4.45. The van der Waals surface area contributed by atoms with Gasteiger partial charge in [-0.3, -0.25) is 4.79 Å². The van der Waals surface area contributed by atoms with Crippen LogP contribution in [0, 0.1) is 0 Å². The minimum Gasteiger partial charge on any atom is -0.480 e. The Kier molecular flexibility index (Phi) is 7.36. The Balaban J connectivity index is 0.00000200. The van der Waals surface area contributed by atoms with Crippen LogP contribution < -0.4 is 15.4 Å². The van der Waals surface area contributed by atoms with E-state index >= 15 is 0 Å². The van der Waals surface area contributed by atoms with E-state index in [1.807, 2.05) is 24.3 Å². The lowest BCUT2D eigenvalue weighted by Crippen LogP contribution is -2.40. The molecule has 1 aromatic carbocycles. The van der Waals surface area contributed by atoms with Crippen LogP contribution in [0.3, 0.4) is 0 Å². The molecular weight excluding hydrogens is 280 g/mol. The Labute approximate surface area is 125 Å². The zero-order valence-electron chi connectivity index (χ0n) is 11.6. The molecule has 2 N–H and O–H groups in total. The molecule has 1 aromatic rings. The van der Waals surface area contributed by atoms with Gasteiger partial charge in [-0.1, -0.05) is 18.2 Å². The first-order valence-electron chi connectivity index (χ1n) is 6.53. The van der Waals surface area contributed by atoms with Gasteiger partial charge in [0.15, 0.2) is 6.10 Å². The van der Waals surface area contributed by atoms with Crippen molar-refractivity contribution in [2.45, 2.75) is 12.5 Å². The fourth-order valence-electron chi connectivity index (χ4n) is 2.02. The van der Waals surface area contributed by atoms with E-state index in [0.717, 1.165) is 24.4 Å². The normalized spacial score (nSPS) is 15.9. The molecule has 0 radical (unpaired) electrons. The van der Waals surface area contributed by atoms with Gasteiger partial charge in [0.05, 0.1) is 6.61 Å². The monoisotopic (exact) mass is 300 g/mol. The highest BCUT2D eigenvalue weighted by Crippen LogP contribution is 2.27. The van der Waals surface area contributed by atoms with E-state index in [2.05, 4.69) is 10.6 Å². The lowest BCUT2D eigenvalue weighted by Gasteiger charge is -2.11. The number of carbonyl (C=O) groups is 1. The summed E-state index contributed by atoms with van der Waals surface area (Å²) in [5, 5.41) is 6.04. The molecule has 0 spiro atoms. The first-order valence-corrected chi connectivity index (χ1v) is 6.53. The summed E-state index contributed by atoms with van der Waals surface area (Å²) in [4.78, 5) is 11.9. The quantitative estimate of drug-likeness (QED) is 0.730. The maximum absolute atomic E-state index is 11.9. The number of hydrogen-bond donors (Lipinski definition) is 2.